The fourth-order valence-electron chi connectivity index (χ4n) is 2.77. The third kappa shape index (κ3) is 2.88. The van der Waals surface area contributed by atoms with E-state index >= 15 is 0 Å². The number of rotatable bonds is 4. The van der Waals surface area contributed by atoms with Crippen LogP contribution >= 0.6 is 0 Å². The number of ether oxygens (including phenoxy) is 1. The van der Waals surface area contributed by atoms with E-state index in [1.165, 1.54) is 7.11 Å². The minimum absolute atomic E-state index is 0.0423. The summed E-state index contributed by atoms with van der Waals surface area (Å²) in [5, 5.41) is 7.36. The molecule has 2 aromatic rings. The van der Waals surface area contributed by atoms with Crippen molar-refractivity contribution in [3.8, 4) is 0 Å². The van der Waals surface area contributed by atoms with Gasteiger partial charge in [0.1, 0.15) is 24.0 Å². The number of aryl methyl sites for hydroxylation is 2. The van der Waals surface area contributed by atoms with Crippen molar-refractivity contribution in [3.05, 3.63) is 28.7 Å². The van der Waals surface area contributed by atoms with Gasteiger partial charge in [-0.2, -0.15) is 4.98 Å². The fourth-order valence-corrected chi connectivity index (χ4v) is 2.77. The van der Waals surface area contributed by atoms with Crippen molar-refractivity contribution in [2.75, 3.05) is 13.7 Å². The molecule has 10 heteroatoms. The van der Waals surface area contributed by atoms with Gasteiger partial charge in [-0.05, 0) is 13.8 Å². The molecule has 1 aliphatic rings. The molecule has 0 aromatic carbocycles. The first-order valence-corrected chi connectivity index (χ1v) is 7.25. The van der Waals surface area contributed by atoms with E-state index in [0.29, 0.717) is 5.69 Å². The van der Waals surface area contributed by atoms with Crippen LogP contribution in [0.1, 0.15) is 46.0 Å². The van der Waals surface area contributed by atoms with Gasteiger partial charge in [0.15, 0.2) is 5.82 Å². The standard InChI is InChI=1S/C14H16F2N4O4/c1-7-11(8(2)23-18-7)13(21)20-6-14(15,16)4-9(20)12-17-10(5-22-3)19-24-12/h9H,4-6H2,1-3H3/t9-/m0/s1. The number of hydrogen-bond acceptors (Lipinski definition) is 7. The van der Waals surface area contributed by atoms with Crippen molar-refractivity contribution in [3.63, 3.8) is 0 Å². The van der Waals surface area contributed by atoms with Gasteiger partial charge in [-0.3, -0.25) is 4.79 Å². The predicted molar refractivity (Wildman–Crippen MR) is 74.3 cm³/mol. The fraction of sp³-hybridized carbons (Fsp3) is 0.571. The Labute approximate surface area is 135 Å². The van der Waals surface area contributed by atoms with Crippen LogP contribution in [0.15, 0.2) is 9.05 Å². The smallest absolute Gasteiger partial charge is 0.267 e. The summed E-state index contributed by atoms with van der Waals surface area (Å²) in [5.41, 5.74) is 0.520. The zero-order valence-corrected chi connectivity index (χ0v) is 13.4. The SMILES string of the molecule is COCc1noc([C@@H]2CC(F)(F)CN2C(=O)c2c(C)noc2C)n1. The largest absolute Gasteiger partial charge is 0.377 e. The third-order valence-electron chi connectivity index (χ3n) is 3.82. The van der Waals surface area contributed by atoms with Crippen molar-refractivity contribution in [1.82, 2.24) is 20.2 Å². The van der Waals surface area contributed by atoms with Crippen LogP contribution in [0.5, 0.6) is 0 Å². The second-order valence-electron chi connectivity index (χ2n) is 5.69. The van der Waals surface area contributed by atoms with E-state index in [1.807, 2.05) is 0 Å². The normalized spacial score (nSPS) is 19.9. The van der Waals surface area contributed by atoms with Gasteiger partial charge >= 0.3 is 0 Å². The van der Waals surface area contributed by atoms with Crippen molar-refractivity contribution >= 4 is 5.91 Å². The van der Waals surface area contributed by atoms with Crippen molar-refractivity contribution in [1.29, 1.82) is 0 Å². The van der Waals surface area contributed by atoms with E-state index < -0.39 is 30.8 Å². The summed E-state index contributed by atoms with van der Waals surface area (Å²) in [6.45, 7) is 2.49. The van der Waals surface area contributed by atoms with Crippen LogP contribution in [0.2, 0.25) is 0 Å². The lowest BCUT2D eigenvalue weighted by Gasteiger charge is -2.20. The quantitative estimate of drug-likeness (QED) is 0.839. The second kappa shape index (κ2) is 5.93. The van der Waals surface area contributed by atoms with Crippen LogP contribution in [0, 0.1) is 13.8 Å². The Morgan fingerprint density at radius 2 is 2.12 bits per heavy atom. The highest BCUT2D eigenvalue weighted by atomic mass is 19.3. The highest BCUT2D eigenvalue weighted by molar-refractivity contribution is 5.96. The first kappa shape index (κ1) is 16.5. The van der Waals surface area contributed by atoms with Gasteiger partial charge in [0.25, 0.3) is 11.8 Å². The van der Waals surface area contributed by atoms with E-state index in [4.69, 9.17) is 13.8 Å². The Kier molecular flexibility index (Phi) is 4.08. The summed E-state index contributed by atoms with van der Waals surface area (Å²) in [4.78, 5) is 17.8. The summed E-state index contributed by atoms with van der Waals surface area (Å²) >= 11 is 0. The maximum Gasteiger partial charge on any atom is 0.267 e. The van der Waals surface area contributed by atoms with Gasteiger partial charge in [0.05, 0.1) is 12.2 Å². The van der Waals surface area contributed by atoms with E-state index in [-0.39, 0.29) is 29.6 Å². The predicted octanol–water partition coefficient (Wildman–Crippen LogP) is 2.04. The molecule has 0 unspecified atom stereocenters. The first-order chi connectivity index (χ1) is 11.3. The number of hydrogen-bond donors (Lipinski definition) is 0. The monoisotopic (exact) mass is 342 g/mol. The number of alkyl halides is 2. The summed E-state index contributed by atoms with van der Waals surface area (Å²) in [7, 11) is 1.45. The Balaban J connectivity index is 1.93. The average Bonchev–Trinajstić information content (AvgIpc) is 3.17. The topological polar surface area (TPSA) is 94.5 Å². The summed E-state index contributed by atoms with van der Waals surface area (Å²) in [6, 6.07) is -1.01. The molecule has 0 aliphatic carbocycles. The number of carbonyl (C=O) groups is 1. The van der Waals surface area contributed by atoms with E-state index in [1.54, 1.807) is 13.8 Å². The van der Waals surface area contributed by atoms with Gasteiger partial charge in [-0.15, -0.1) is 0 Å². The molecule has 24 heavy (non-hydrogen) atoms. The van der Waals surface area contributed by atoms with Crippen LogP contribution in [0.25, 0.3) is 0 Å². The van der Waals surface area contributed by atoms with Gasteiger partial charge in [0, 0.05) is 13.5 Å². The van der Waals surface area contributed by atoms with Crippen molar-refractivity contribution in [2.24, 2.45) is 0 Å². The Bertz CT molecular complexity index is 738. The average molecular weight is 342 g/mol. The molecule has 3 heterocycles. The van der Waals surface area contributed by atoms with Gasteiger partial charge in [-0.1, -0.05) is 10.3 Å². The van der Waals surface area contributed by atoms with Crippen molar-refractivity contribution in [2.45, 2.75) is 38.8 Å². The molecule has 1 atom stereocenters. The molecule has 0 bridgehead atoms. The van der Waals surface area contributed by atoms with Crippen LogP contribution in [-0.4, -0.2) is 45.7 Å². The Morgan fingerprint density at radius 1 is 1.38 bits per heavy atom. The number of amides is 1. The van der Waals surface area contributed by atoms with Crippen LogP contribution in [0.4, 0.5) is 8.78 Å². The lowest BCUT2D eigenvalue weighted by molar-refractivity contribution is 0.0116. The van der Waals surface area contributed by atoms with Gasteiger partial charge < -0.3 is 18.7 Å². The molecule has 3 rings (SSSR count). The van der Waals surface area contributed by atoms with E-state index in [0.717, 1.165) is 4.90 Å². The maximum absolute atomic E-state index is 13.9. The molecule has 0 N–H and O–H groups in total. The number of likely N-dealkylation sites (tertiary alicyclic amines) is 1. The second-order valence-corrected chi connectivity index (χ2v) is 5.69. The molecule has 1 aliphatic heterocycles. The molecule has 1 amide bonds. The lowest BCUT2D eigenvalue weighted by atomic mass is 10.1. The molecule has 1 saturated heterocycles. The van der Waals surface area contributed by atoms with Crippen molar-refractivity contribution < 1.29 is 27.4 Å². The van der Waals surface area contributed by atoms with Gasteiger partial charge in [0.2, 0.25) is 5.89 Å². The zero-order chi connectivity index (χ0) is 17.5. The molecule has 2 aromatic heterocycles. The minimum Gasteiger partial charge on any atom is -0.377 e. The summed E-state index contributed by atoms with van der Waals surface area (Å²) in [5.74, 6) is -3.18. The third-order valence-corrected chi connectivity index (χ3v) is 3.82. The molecule has 1 fully saturated rings. The van der Waals surface area contributed by atoms with E-state index in [9.17, 15) is 13.6 Å². The highest BCUT2D eigenvalue weighted by Crippen LogP contribution is 2.41. The molecule has 130 valence electrons. The molecular formula is C14H16F2N4O4. The highest BCUT2D eigenvalue weighted by Gasteiger charge is 2.50. The number of methoxy groups -OCH3 is 1. The lowest BCUT2D eigenvalue weighted by Crippen LogP contribution is -2.33. The number of nitrogens with zero attached hydrogens (tertiary/aromatic N) is 4. The number of carbonyl (C=O) groups excluding carboxylic acids is 1. The summed E-state index contributed by atoms with van der Waals surface area (Å²) in [6.07, 6.45) is -0.587. The van der Waals surface area contributed by atoms with Crippen LogP contribution in [0.3, 0.4) is 0 Å². The first-order valence-electron chi connectivity index (χ1n) is 7.25. The van der Waals surface area contributed by atoms with Crippen LogP contribution < -0.4 is 0 Å². The van der Waals surface area contributed by atoms with Gasteiger partial charge in [-0.25, -0.2) is 8.78 Å². The molecule has 0 saturated carbocycles. The summed E-state index contributed by atoms with van der Waals surface area (Å²) < 4.78 is 42.8. The molecule has 0 spiro atoms. The van der Waals surface area contributed by atoms with E-state index in [2.05, 4.69) is 15.3 Å². The Hall–Kier alpha value is -2.36. The molecular weight excluding hydrogens is 326 g/mol. The minimum atomic E-state index is -3.05. The number of aromatic nitrogens is 3. The zero-order valence-electron chi connectivity index (χ0n) is 13.4. The Morgan fingerprint density at radius 3 is 2.75 bits per heavy atom. The molecule has 0 radical (unpaired) electrons. The molecule has 8 nitrogen and oxygen atoms in total. The van der Waals surface area contributed by atoms with Crippen LogP contribution in [-0.2, 0) is 11.3 Å². The maximum atomic E-state index is 13.9. The number of halogens is 2.